The zero-order valence-electron chi connectivity index (χ0n) is 19.3. The summed E-state index contributed by atoms with van der Waals surface area (Å²) in [5.41, 5.74) is 0.439. The second kappa shape index (κ2) is 10.2. The van der Waals surface area contributed by atoms with Gasteiger partial charge in [0.15, 0.2) is 0 Å². The first-order valence-corrected chi connectivity index (χ1v) is 12.5. The van der Waals surface area contributed by atoms with E-state index in [0.29, 0.717) is 15.5 Å². The number of ether oxygens (including phenoxy) is 1. The van der Waals surface area contributed by atoms with Crippen LogP contribution in [0.4, 0.5) is 23.7 Å². The van der Waals surface area contributed by atoms with Crippen LogP contribution in [0, 0.1) is 5.82 Å². The lowest BCUT2D eigenvalue weighted by molar-refractivity contribution is -0.120. The van der Waals surface area contributed by atoms with Gasteiger partial charge in [0, 0.05) is 22.1 Å². The molecule has 1 saturated carbocycles. The lowest BCUT2D eigenvalue weighted by atomic mass is 10.1. The van der Waals surface area contributed by atoms with Gasteiger partial charge in [-0.25, -0.2) is 18.0 Å². The molecule has 0 spiro atoms. The number of hydrogen-bond donors (Lipinski definition) is 2. The molecule has 0 aromatic heterocycles. The van der Waals surface area contributed by atoms with Crippen LogP contribution in [-0.4, -0.2) is 47.8 Å². The molecule has 192 valence electrons. The number of nitrogens with zero attached hydrogens (tertiary/aromatic N) is 1. The summed E-state index contributed by atoms with van der Waals surface area (Å²) in [6.45, 7) is 3.35. The fraction of sp³-hybridized carbons (Fsp3) is 0.375. The number of alkyl halides is 2. The third kappa shape index (κ3) is 5.89. The Morgan fingerprint density at radius 3 is 2.50 bits per heavy atom. The van der Waals surface area contributed by atoms with E-state index in [1.54, 1.807) is 38.1 Å². The van der Waals surface area contributed by atoms with Crippen molar-refractivity contribution in [2.45, 2.75) is 55.8 Å². The quantitative estimate of drug-likeness (QED) is 0.551. The number of alkyl carbamates (subject to hydrolysis) is 1. The fourth-order valence-corrected chi connectivity index (χ4v) is 4.83. The van der Waals surface area contributed by atoms with E-state index in [1.807, 2.05) is 0 Å². The summed E-state index contributed by atoms with van der Waals surface area (Å²) in [4.78, 5) is 40.0. The summed E-state index contributed by atoms with van der Waals surface area (Å²) >= 11 is 7.08. The van der Waals surface area contributed by atoms with Crippen LogP contribution in [0.25, 0.3) is 0 Å². The molecule has 2 aromatic rings. The number of hydrogen-bond acceptors (Lipinski definition) is 5. The number of fused-ring (bicyclic) bond motifs is 1. The third-order valence-corrected chi connectivity index (χ3v) is 6.96. The maximum absolute atomic E-state index is 14.9. The van der Waals surface area contributed by atoms with Crippen molar-refractivity contribution in [1.82, 2.24) is 10.6 Å². The Labute approximate surface area is 214 Å². The van der Waals surface area contributed by atoms with E-state index in [9.17, 15) is 27.6 Å². The van der Waals surface area contributed by atoms with Crippen molar-refractivity contribution >= 4 is 47.0 Å². The van der Waals surface area contributed by atoms with Crippen molar-refractivity contribution in [3.63, 3.8) is 0 Å². The van der Waals surface area contributed by atoms with Crippen LogP contribution in [-0.2, 0) is 16.1 Å². The highest BCUT2D eigenvalue weighted by atomic mass is 35.5. The van der Waals surface area contributed by atoms with Crippen LogP contribution in [0.1, 0.15) is 36.2 Å². The first kappa shape index (κ1) is 26.2. The van der Waals surface area contributed by atoms with E-state index >= 15 is 0 Å². The van der Waals surface area contributed by atoms with E-state index in [4.69, 9.17) is 16.3 Å². The second-order valence-corrected chi connectivity index (χ2v) is 10.3. The third-order valence-electron chi connectivity index (χ3n) is 5.57. The van der Waals surface area contributed by atoms with Crippen LogP contribution in [0.15, 0.2) is 41.3 Å². The van der Waals surface area contributed by atoms with E-state index in [-0.39, 0.29) is 18.0 Å². The lowest BCUT2D eigenvalue weighted by Crippen LogP contribution is -2.49. The van der Waals surface area contributed by atoms with Gasteiger partial charge in [0.1, 0.15) is 11.9 Å². The van der Waals surface area contributed by atoms with Gasteiger partial charge in [0.05, 0.1) is 29.9 Å². The normalized spacial score (nSPS) is 20.4. The number of benzene rings is 2. The molecule has 1 aliphatic heterocycles. The molecule has 3 amide bonds. The Morgan fingerprint density at radius 1 is 1.22 bits per heavy atom. The zero-order chi connectivity index (χ0) is 26.2. The molecule has 2 aliphatic rings. The molecular formula is C24H23ClF3N3O4S. The molecule has 1 unspecified atom stereocenters. The van der Waals surface area contributed by atoms with E-state index in [2.05, 4.69) is 10.6 Å². The molecule has 2 atom stereocenters. The van der Waals surface area contributed by atoms with Gasteiger partial charge in [-0.3, -0.25) is 9.59 Å². The molecule has 0 bridgehead atoms. The van der Waals surface area contributed by atoms with Gasteiger partial charge in [0.2, 0.25) is 0 Å². The standard InChI is InChI=1S/C24H23ClF3N3O4S/c1-12(2)35-23(34)29-17-11-36-19-8-16(26)15(21(32)30-20-9-24(20,27)28)7-18(19)31(22(17)33)10-13-3-5-14(25)6-4-13/h3-8,12,17,20H,9-11H2,1-2H3,(H,29,34)(H,30,32)/t17-,20?/m0/s1. The van der Waals surface area contributed by atoms with Crippen LogP contribution in [0.5, 0.6) is 0 Å². The van der Waals surface area contributed by atoms with E-state index in [0.717, 1.165) is 17.8 Å². The lowest BCUT2D eigenvalue weighted by Gasteiger charge is -2.26. The Balaban J connectivity index is 1.68. The monoisotopic (exact) mass is 541 g/mol. The van der Waals surface area contributed by atoms with Crippen molar-refractivity contribution in [3.05, 3.63) is 58.4 Å². The Morgan fingerprint density at radius 2 is 1.89 bits per heavy atom. The summed E-state index contributed by atoms with van der Waals surface area (Å²) in [5, 5.41) is 5.17. The van der Waals surface area contributed by atoms with Gasteiger partial charge >= 0.3 is 6.09 Å². The minimum atomic E-state index is -3.02. The highest BCUT2D eigenvalue weighted by Gasteiger charge is 2.58. The van der Waals surface area contributed by atoms with E-state index in [1.165, 1.54) is 11.0 Å². The van der Waals surface area contributed by atoms with Gasteiger partial charge in [0.25, 0.3) is 17.7 Å². The largest absolute Gasteiger partial charge is 0.447 e. The average molecular weight is 542 g/mol. The molecule has 2 N–H and O–H groups in total. The van der Waals surface area contributed by atoms with Crippen molar-refractivity contribution in [1.29, 1.82) is 0 Å². The molecular weight excluding hydrogens is 519 g/mol. The molecule has 1 heterocycles. The summed E-state index contributed by atoms with van der Waals surface area (Å²) in [7, 11) is 0. The second-order valence-electron chi connectivity index (χ2n) is 8.80. The van der Waals surface area contributed by atoms with Crippen molar-refractivity contribution in [2.24, 2.45) is 0 Å². The highest BCUT2D eigenvalue weighted by Crippen LogP contribution is 2.42. The number of nitrogens with one attached hydrogen (secondary N) is 2. The highest BCUT2D eigenvalue weighted by molar-refractivity contribution is 7.99. The molecule has 4 rings (SSSR count). The van der Waals surface area contributed by atoms with Gasteiger partial charge in [-0.2, -0.15) is 0 Å². The first-order valence-electron chi connectivity index (χ1n) is 11.1. The van der Waals surface area contributed by atoms with Crippen molar-refractivity contribution in [3.8, 4) is 0 Å². The molecule has 12 heteroatoms. The first-order chi connectivity index (χ1) is 16.9. The molecule has 2 aromatic carbocycles. The predicted octanol–water partition coefficient (Wildman–Crippen LogP) is 4.76. The molecule has 7 nitrogen and oxygen atoms in total. The van der Waals surface area contributed by atoms with Gasteiger partial charge < -0.3 is 20.3 Å². The SMILES string of the molecule is CC(C)OC(=O)N[C@H]1CSc2cc(F)c(C(=O)NC3CC3(F)F)cc2N(Cc2ccc(Cl)cc2)C1=O. The van der Waals surface area contributed by atoms with Gasteiger partial charge in [-0.1, -0.05) is 23.7 Å². The van der Waals surface area contributed by atoms with Crippen LogP contribution < -0.4 is 15.5 Å². The number of carbonyl (C=O) groups excluding carboxylic acids is 3. The molecule has 0 saturated heterocycles. The number of rotatable bonds is 6. The summed E-state index contributed by atoms with van der Waals surface area (Å²) in [6.07, 6.45) is -1.70. The fourth-order valence-electron chi connectivity index (χ4n) is 3.63. The number of halogens is 4. The number of amides is 3. The molecule has 1 fully saturated rings. The zero-order valence-corrected chi connectivity index (χ0v) is 20.9. The molecule has 36 heavy (non-hydrogen) atoms. The molecule has 0 radical (unpaired) electrons. The predicted molar refractivity (Wildman–Crippen MR) is 129 cm³/mol. The summed E-state index contributed by atoms with van der Waals surface area (Å²) in [6, 6.07) is 6.60. The van der Waals surface area contributed by atoms with Gasteiger partial charge in [-0.05, 0) is 43.7 Å². The number of carbonyl (C=O) groups is 3. The number of anilines is 1. The molecule has 1 aliphatic carbocycles. The Hall–Kier alpha value is -2.92. The summed E-state index contributed by atoms with van der Waals surface area (Å²) in [5.74, 6) is -5.36. The average Bonchev–Trinajstić information content (AvgIpc) is 3.42. The van der Waals surface area contributed by atoms with E-state index < -0.39 is 59.8 Å². The van der Waals surface area contributed by atoms with Crippen molar-refractivity contribution in [2.75, 3.05) is 10.7 Å². The maximum Gasteiger partial charge on any atom is 0.408 e. The topological polar surface area (TPSA) is 87.7 Å². The van der Waals surface area contributed by atoms with Crippen molar-refractivity contribution < 1.29 is 32.3 Å². The minimum Gasteiger partial charge on any atom is -0.447 e. The Bertz CT molecular complexity index is 1200. The smallest absolute Gasteiger partial charge is 0.408 e. The van der Waals surface area contributed by atoms with Crippen LogP contribution in [0.3, 0.4) is 0 Å². The summed E-state index contributed by atoms with van der Waals surface area (Å²) < 4.78 is 46.6. The number of thioether (sulfide) groups is 1. The van der Waals surface area contributed by atoms with Crippen LogP contribution >= 0.6 is 23.4 Å². The Kier molecular flexibility index (Phi) is 7.42. The minimum absolute atomic E-state index is 0.0222. The maximum atomic E-state index is 14.9. The van der Waals surface area contributed by atoms with Gasteiger partial charge in [-0.15, -0.1) is 11.8 Å². The van der Waals surface area contributed by atoms with Crippen LogP contribution in [0.2, 0.25) is 5.02 Å².